The van der Waals surface area contributed by atoms with E-state index >= 15 is 0 Å². The molecule has 1 nitrogen and oxygen atoms in total. The lowest BCUT2D eigenvalue weighted by atomic mass is 9.87. The number of phenolic OH excluding ortho intramolecular Hbond substituents is 1. The first-order valence-electron chi connectivity index (χ1n) is 8.53. The molecule has 0 radical (unpaired) electrons. The number of benzene rings is 6. The highest BCUT2D eigenvalue weighted by Gasteiger charge is 2.16. The standard InChI is InChI=1S/C24H14O/c25-21-12-11-18-17-8-3-6-15-13-14-5-1-2-7-16(14)24(22(15)17)20-10-4-9-19(21)23(18)20/h1-13,25H. The Hall–Kier alpha value is -3.32. The van der Waals surface area contributed by atoms with Crippen molar-refractivity contribution in [2.24, 2.45) is 0 Å². The Balaban J connectivity index is 2.13. The summed E-state index contributed by atoms with van der Waals surface area (Å²) in [4.78, 5) is 0. The Labute approximate surface area is 144 Å². The van der Waals surface area contributed by atoms with E-state index in [0.29, 0.717) is 5.75 Å². The lowest BCUT2D eigenvalue weighted by Crippen LogP contribution is -1.88. The predicted molar refractivity (Wildman–Crippen MR) is 107 cm³/mol. The molecule has 0 saturated carbocycles. The van der Waals surface area contributed by atoms with Crippen LogP contribution in [0, 0.1) is 0 Å². The van der Waals surface area contributed by atoms with Gasteiger partial charge in [0.2, 0.25) is 0 Å². The number of fused-ring (bicyclic) bond motifs is 4. The van der Waals surface area contributed by atoms with Crippen LogP contribution in [-0.2, 0) is 0 Å². The third-order valence-corrected chi connectivity index (χ3v) is 5.46. The molecule has 6 rings (SSSR count). The van der Waals surface area contributed by atoms with Crippen molar-refractivity contribution in [1.82, 2.24) is 0 Å². The maximum Gasteiger partial charge on any atom is 0.123 e. The van der Waals surface area contributed by atoms with Crippen LogP contribution in [0.2, 0.25) is 0 Å². The summed E-state index contributed by atoms with van der Waals surface area (Å²) < 4.78 is 0. The topological polar surface area (TPSA) is 20.2 Å². The second-order valence-electron chi connectivity index (χ2n) is 6.74. The molecule has 25 heavy (non-hydrogen) atoms. The van der Waals surface area contributed by atoms with E-state index in [0.717, 1.165) is 10.8 Å². The molecule has 6 aromatic rings. The summed E-state index contributed by atoms with van der Waals surface area (Å²) in [7, 11) is 0. The Morgan fingerprint density at radius 1 is 0.440 bits per heavy atom. The van der Waals surface area contributed by atoms with Crippen molar-refractivity contribution in [3.63, 3.8) is 0 Å². The van der Waals surface area contributed by atoms with Crippen LogP contribution in [0.25, 0.3) is 53.9 Å². The van der Waals surface area contributed by atoms with Gasteiger partial charge in [-0.2, -0.15) is 0 Å². The monoisotopic (exact) mass is 318 g/mol. The summed E-state index contributed by atoms with van der Waals surface area (Å²) in [6.45, 7) is 0. The number of hydrogen-bond acceptors (Lipinski definition) is 1. The molecule has 6 aromatic carbocycles. The fraction of sp³-hybridized carbons (Fsp3) is 0. The summed E-state index contributed by atoms with van der Waals surface area (Å²) in [5.74, 6) is 0.344. The Bertz CT molecular complexity index is 1440. The third-order valence-electron chi connectivity index (χ3n) is 5.46. The molecule has 0 spiro atoms. The molecule has 1 N–H and O–H groups in total. The van der Waals surface area contributed by atoms with Crippen molar-refractivity contribution in [2.75, 3.05) is 0 Å². The van der Waals surface area contributed by atoms with E-state index in [9.17, 15) is 5.11 Å². The number of rotatable bonds is 0. The van der Waals surface area contributed by atoms with E-state index in [-0.39, 0.29) is 0 Å². The van der Waals surface area contributed by atoms with E-state index in [1.54, 1.807) is 0 Å². The fourth-order valence-corrected chi connectivity index (χ4v) is 4.45. The Morgan fingerprint density at radius 2 is 1.12 bits per heavy atom. The first kappa shape index (κ1) is 13.0. The molecule has 0 aliphatic rings. The zero-order valence-electron chi connectivity index (χ0n) is 13.5. The molecule has 116 valence electrons. The van der Waals surface area contributed by atoms with Crippen molar-refractivity contribution in [3.05, 3.63) is 78.9 Å². The van der Waals surface area contributed by atoms with Crippen LogP contribution in [0.15, 0.2) is 78.9 Å². The van der Waals surface area contributed by atoms with Crippen molar-refractivity contribution < 1.29 is 5.11 Å². The van der Waals surface area contributed by atoms with Crippen LogP contribution in [0.4, 0.5) is 0 Å². The van der Waals surface area contributed by atoms with Crippen LogP contribution in [0.5, 0.6) is 5.75 Å². The minimum atomic E-state index is 0.344. The maximum atomic E-state index is 10.4. The highest BCUT2D eigenvalue weighted by atomic mass is 16.3. The van der Waals surface area contributed by atoms with Crippen LogP contribution in [0.3, 0.4) is 0 Å². The molecule has 0 aliphatic heterocycles. The molecule has 0 atom stereocenters. The fourth-order valence-electron chi connectivity index (χ4n) is 4.45. The summed E-state index contributed by atoms with van der Waals surface area (Å²) >= 11 is 0. The van der Waals surface area contributed by atoms with Gasteiger partial charge in [0.1, 0.15) is 5.75 Å². The van der Waals surface area contributed by atoms with Crippen molar-refractivity contribution in [2.45, 2.75) is 0 Å². The molecule has 0 heterocycles. The smallest absolute Gasteiger partial charge is 0.123 e. The molecule has 0 aromatic heterocycles. The molecule has 0 aliphatic carbocycles. The Kier molecular flexibility index (Phi) is 2.29. The van der Waals surface area contributed by atoms with Gasteiger partial charge in [0, 0.05) is 10.8 Å². The highest BCUT2D eigenvalue weighted by molar-refractivity contribution is 6.38. The van der Waals surface area contributed by atoms with E-state index in [4.69, 9.17) is 0 Å². The second-order valence-corrected chi connectivity index (χ2v) is 6.74. The molecule has 0 fully saturated rings. The molecular formula is C24H14O. The van der Waals surface area contributed by atoms with E-state index in [2.05, 4.69) is 54.6 Å². The van der Waals surface area contributed by atoms with Gasteiger partial charge in [0.05, 0.1) is 0 Å². The number of phenols is 1. The normalized spacial score (nSPS) is 12.2. The molecule has 1 heteroatoms. The van der Waals surface area contributed by atoms with Crippen molar-refractivity contribution in [1.29, 1.82) is 0 Å². The molecular weight excluding hydrogens is 304 g/mol. The molecule has 0 bridgehead atoms. The van der Waals surface area contributed by atoms with Gasteiger partial charge in [-0.25, -0.2) is 0 Å². The van der Waals surface area contributed by atoms with Crippen molar-refractivity contribution >= 4 is 53.9 Å². The van der Waals surface area contributed by atoms with E-state index in [1.807, 2.05) is 24.3 Å². The zero-order chi connectivity index (χ0) is 16.5. The number of aromatic hydroxyl groups is 1. The van der Waals surface area contributed by atoms with E-state index < -0.39 is 0 Å². The summed E-state index contributed by atoms with van der Waals surface area (Å²) in [5, 5.41) is 22.5. The van der Waals surface area contributed by atoms with Gasteiger partial charge in [-0.3, -0.25) is 0 Å². The largest absolute Gasteiger partial charge is 0.507 e. The average molecular weight is 318 g/mol. The van der Waals surface area contributed by atoms with Crippen LogP contribution in [-0.4, -0.2) is 5.11 Å². The SMILES string of the molecule is Oc1ccc2c3cccc4cc5ccccc5c(c5cccc1c25)c43. The molecule has 0 unspecified atom stereocenters. The minimum absolute atomic E-state index is 0.344. The lowest BCUT2D eigenvalue weighted by molar-refractivity contribution is 0.482. The summed E-state index contributed by atoms with van der Waals surface area (Å²) in [6.07, 6.45) is 0. The number of hydrogen-bond donors (Lipinski definition) is 1. The van der Waals surface area contributed by atoms with Gasteiger partial charge in [0.25, 0.3) is 0 Å². The van der Waals surface area contributed by atoms with E-state index in [1.165, 1.54) is 43.1 Å². The first-order valence-corrected chi connectivity index (χ1v) is 8.53. The van der Waals surface area contributed by atoms with Crippen LogP contribution < -0.4 is 0 Å². The maximum absolute atomic E-state index is 10.4. The van der Waals surface area contributed by atoms with Gasteiger partial charge >= 0.3 is 0 Å². The predicted octanol–water partition coefficient (Wildman–Crippen LogP) is 6.60. The Morgan fingerprint density at radius 3 is 2.08 bits per heavy atom. The van der Waals surface area contributed by atoms with Gasteiger partial charge in [-0.05, 0) is 55.2 Å². The second kappa shape index (κ2) is 4.40. The lowest BCUT2D eigenvalue weighted by Gasteiger charge is -2.16. The first-order chi connectivity index (χ1) is 12.3. The molecule has 0 amide bonds. The van der Waals surface area contributed by atoms with Crippen LogP contribution in [0.1, 0.15) is 0 Å². The third kappa shape index (κ3) is 1.53. The van der Waals surface area contributed by atoms with Gasteiger partial charge in [0.15, 0.2) is 0 Å². The zero-order valence-corrected chi connectivity index (χ0v) is 13.5. The highest BCUT2D eigenvalue weighted by Crippen LogP contribution is 2.44. The summed E-state index contributed by atoms with van der Waals surface area (Å²) in [6, 6.07) is 27.5. The average Bonchev–Trinajstić information content (AvgIpc) is 2.66. The van der Waals surface area contributed by atoms with Crippen LogP contribution >= 0.6 is 0 Å². The summed E-state index contributed by atoms with van der Waals surface area (Å²) in [5.41, 5.74) is 0. The van der Waals surface area contributed by atoms with Gasteiger partial charge < -0.3 is 5.11 Å². The molecule has 0 saturated heterocycles. The van der Waals surface area contributed by atoms with Gasteiger partial charge in [-0.1, -0.05) is 66.7 Å². The van der Waals surface area contributed by atoms with Gasteiger partial charge in [-0.15, -0.1) is 0 Å². The quantitative estimate of drug-likeness (QED) is 0.247. The minimum Gasteiger partial charge on any atom is -0.507 e. The van der Waals surface area contributed by atoms with Crippen molar-refractivity contribution in [3.8, 4) is 5.75 Å².